The van der Waals surface area contributed by atoms with Crippen LogP contribution >= 0.6 is 23.5 Å². The first-order chi connectivity index (χ1) is 10.6. The molecule has 0 fully saturated rings. The summed E-state index contributed by atoms with van der Waals surface area (Å²) in [6.45, 7) is 3.83. The van der Waals surface area contributed by atoms with Gasteiger partial charge in [-0.25, -0.2) is 4.98 Å². The van der Waals surface area contributed by atoms with Gasteiger partial charge in [0.05, 0.1) is 32.6 Å². The van der Waals surface area contributed by atoms with E-state index in [1.165, 1.54) is 15.5 Å². The molecule has 1 heterocycles. The average molecular weight is 327 g/mol. The highest BCUT2D eigenvalue weighted by Gasteiger charge is 2.26. The smallest absolute Gasteiger partial charge is 0.0900 e. The van der Waals surface area contributed by atoms with Crippen LogP contribution in [-0.2, 0) is 4.75 Å². The summed E-state index contributed by atoms with van der Waals surface area (Å²) in [5.74, 6) is 0. The molecule has 0 amide bonds. The summed E-state index contributed by atoms with van der Waals surface area (Å²) < 4.78 is 14.1. The minimum absolute atomic E-state index is 0.387. The van der Waals surface area contributed by atoms with Gasteiger partial charge in [0.25, 0.3) is 0 Å². The van der Waals surface area contributed by atoms with Crippen molar-refractivity contribution in [2.45, 2.75) is 18.6 Å². The molecule has 0 saturated heterocycles. The first kappa shape index (κ1) is 14.0. The van der Waals surface area contributed by atoms with E-state index < -0.39 is 4.75 Å². The van der Waals surface area contributed by atoms with Gasteiger partial charge in [0.2, 0.25) is 0 Å². The summed E-state index contributed by atoms with van der Waals surface area (Å²) in [7, 11) is 0. The summed E-state index contributed by atoms with van der Waals surface area (Å²) in [4.78, 5) is 4.59. The molecule has 4 heteroatoms. The van der Waals surface area contributed by atoms with Gasteiger partial charge in [-0.1, -0.05) is 42.5 Å². The van der Waals surface area contributed by atoms with E-state index >= 15 is 0 Å². The van der Waals surface area contributed by atoms with Crippen LogP contribution in [0.1, 0.15) is 19.4 Å². The van der Waals surface area contributed by atoms with E-state index in [1.807, 2.05) is 31.5 Å². The standard InChI is InChI=1S/C18H14FNS2/c1-18(2,22-19)14-9-5-8-12-11-6-3-4-7-13(11)17-16(15(12)14)20-10-21-17/h3-10H,1-2H3. The molecule has 0 spiro atoms. The highest BCUT2D eigenvalue weighted by atomic mass is 32.2. The molecule has 1 aromatic heterocycles. The molecule has 0 N–H and O–H groups in total. The number of fused-ring (bicyclic) bond motifs is 6. The van der Waals surface area contributed by atoms with Crippen molar-refractivity contribution in [1.29, 1.82) is 0 Å². The van der Waals surface area contributed by atoms with Crippen molar-refractivity contribution >= 4 is 55.2 Å². The van der Waals surface area contributed by atoms with Crippen LogP contribution in [-0.4, -0.2) is 4.98 Å². The zero-order valence-corrected chi connectivity index (χ0v) is 13.9. The van der Waals surface area contributed by atoms with Crippen LogP contribution in [0.3, 0.4) is 0 Å². The minimum atomic E-state index is -0.599. The lowest BCUT2D eigenvalue weighted by molar-refractivity contribution is 0.748. The summed E-state index contributed by atoms with van der Waals surface area (Å²) >= 11 is 2.03. The molecule has 4 rings (SSSR count). The van der Waals surface area contributed by atoms with E-state index in [1.54, 1.807) is 11.3 Å². The third-order valence-electron chi connectivity index (χ3n) is 4.17. The van der Waals surface area contributed by atoms with E-state index in [0.29, 0.717) is 12.1 Å². The van der Waals surface area contributed by atoms with Gasteiger partial charge in [-0.2, -0.15) is 3.89 Å². The average Bonchev–Trinajstić information content (AvgIpc) is 3.04. The molecular formula is C18H14FNS2. The van der Waals surface area contributed by atoms with Crippen LogP contribution in [0.15, 0.2) is 48.0 Å². The second-order valence-corrected chi connectivity index (χ2v) is 7.92. The maximum atomic E-state index is 13.5. The molecule has 110 valence electrons. The Morgan fingerprint density at radius 1 is 1.00 bits per heavy atom. The van der Waals surface area contributed by atoms with Crippen LogP contribution in [0, 0.1) is 0 Å². The summed E-state index contributed by atoms with van der Waals surface area (Å²) in [6, 6.07) is 14.5. The van der Waals surface area contributed by atoms with Crippen molar-refractivity contribution in [2.75, 3.05) is 0 Å². The number of aromatic nitrogens is 1. The Morgan fingerprint density at radius 3 is 2.50 bits per heavy atom. The molecule has 4 aromatic rings. The third-order valence-corrected chi connectivity index (χ3v) is 5.64. The Bertz CT molecular complexity index is 1000. The number of halogens is 1. The van der Waals surface area contributed by atoms with E-state index in [4.69, 9.17) is 0 Å². The van der Waals surface area contributed by atoms with E-state index in [2.05, 4.69) is 35.3 Å². The molecule has 0 aliphatic carbocycles. The predicted molar refractivity (Wildman–Crippen MR) is 96.4 cm³/mol. The lowest BCUT2D eigenvalue weighted by Gasteiger charge is -2.22. The van der Waals surface area contributed by atoms with E-state index in [-0.39, 0.29) is 0 Å². The molecule has 3 aromatic carbocycles. The minimum Gasteiger partial charge on any atom is -0.244 e. The number of rotatable bonds is 2. The fourth-order valence-corrected chi connectivity index (χ4v) is 4.19. The van der Waals surface area contributed by atoms with Crippen molar-refractivity contribution in [3.63, 3.8) is 0 Å². The maximum absolute atomic E-state index is 13.5. The third kappa shape index (κ3) is 1.87. The van der Waals surface area contributed by atoms with E-state index in [9.17, 15) is 3.89 Å². The van der Waals surface area contributed by atoms with Crippen LogP contribution in [0.2, 0.25) is 0 Å². The maximum Gasteiger partial charge on any atom is 0.0900 e. The Labute approximate surface area is 136 Å². The Balaban J connectivity index is 2.32. The predicted octanol–water partition coefficient (Wildman–Crippen LogP) is 6.46. The lowest BCUT2D eigenvalue weighted by atomic mass is 9.92. The van der Waals surface area contributed by atoms with Gasteiger partial charge in [-0.15, -0.1) is 11.3 Å². The van der Waals surface area contributed by atoms with Crippen molar-refractivity contribution in [3.05, 3.63) is 53.5 Å². The molecule has 0 saturated carbocycles. The van der Waals surface area contributed by atoms with Gasteiger partial charge in [-0.3, -0.25) is 0 Å². The molecule has 0 aliphatic heterocycles. The topological polar surface area (TPSA) is 12.9 Å². The summed E-state index contributed by atoms with van der Waals surface area (Å²) in [5.41, 5.74) is 3.86. The van der Waals surface area contributed by atoms with Gasteiger partial charge in [0, 0.05) is 10.8 Å². The quantitative estimate of drug-likeness (QED) is 0.392. The van der Waals surface area contributed by atoms with Gasteiger partial charge in [0.1, 0.15) is 0 Å². The molecule has 1 nitrogen and oxygen atoms in total. The van der Waals surface area contributed by atoms with Gasteiger partial charge < -0.3 is 0 Å². The molecule has 0 radical (unpaired) electrons. The molecule has 0 bridgehead atoms. The second-order valence-electron chi connectivity index (χ2n) is 5.89. The Hall–Kier alpha value is -1.65. The zero-order chi connectivity index (χ0) is 15.3. The fourth-order valence-electron chi connectivity index (χ4n) is 3.11. The zero-order valence-electron chi connectivity index (χ0n) is 12.3. The lowest BCUT2D eigenvalue weighted by Crippen LogP contribution is -2.10. The largest absolute Gasteiger partial charge is 0.244 e. The van der Waals surface area contributed by atoms with Crippen molar-refractivity contribution in [1.82, 2.24) is 4.98 Å². The number of hydrogen-bond donors (Lipinski definition) is 0. The van der Waals surface area contributed by atoms with Crippen molar-refractivity contribution < 1.29 is 3.89 Å². The Morgan fingerprint density at radius 2 is 1.73 bits per heavy atom. The summed E-state index contributed by atoms with van der Waals surface area (Å²) in [6.07, 6.45) is 0. The number of thiazole rings is 1. The monoisotopic (exact) mass is 327 g/mol. The van der Waals surface area contributed by atoms with Crippen LogP contribution in [0.4, 0.5) is 3.89 Å². The summed E-state index contributed by atoms with van der Waals surface area (Å²) in [5, 5.41) is 4.65. The fraction of sp³-hybridized carbons (Fsp3) is 0.167. The van der Waals surface area contributed by atoms with Crippen molar-refractivity contribution in [3.8, 4) is 0 Å². The molecular weight excluding hydrogens is 313 g/mol. The van der Waals surface area contributed by atoms with Gasteiger partial charge in [-0.05, 0) is 30.2 Å². The normalized spacial score (nSPS) is 12.5. The SMILES string of the molecule is CC(C)(SF)c1cccc2c3ccccc3c3scnc3c12. The van der Waals surface area contributed by atoms with Crippen LogP contribution in [0.25, 0.3) is 31.8 Å². The van der Waals surface area contributed by atoms with E-state index in [0.717, 1.165) is 21.9 Å². The Kier molecular flexibility index (Phi) is 3.13. The highest BCUT2D eigenvalue weighted by Crippen LogP contribution is 2.44. The van der Waals surface area contributed by atoms with Gasteiger partial charge >= 0.3 is 0 Å². The van der Waals surface area contributed by atoms with Crippen molar-refractivity contribution in [2.24, 2.45) is 0 Å². The first-order valence-corrected chi connectivity index (χ1v) is 8.70. The number of nitrogens with zero attached hydrogens (tertiary/aromatic N) is 1. The first-order valence-electron chi connectivity index (χ1n) is 7.10. The van der Waals surface area contributed by atoms with Crippen LogP contribution in [0.5, 0.6) is 0 Å². The van der Waals surface area contributed by atoms with Crippen LogP contribution < -0.4 is 0 Å². The molecule has 0 unspecified atom stereocenters. The molecule has 0 atom stereocenters. The second kappa shape index (κ2) is 4.93. The molecule has 22 heavy (non-hydrogen) atoms. The molecule has 0 aliphatic rings. The number of benzene rings is 3. The van der Waals surface area contributed by atoms with Gasteiger partial charge in [0.15, 0.2) is 0 Å². The number of hydrogen-bond acceptors (Lipinski definition) is 3. The highest BCUT2D eigenvalue weighted by molar-refractivity contribution is 7.95.